The highest BCUT2D eigenvalue weighted by Gasteiger charge is 2.20. The first-order valence-electron chi connectivity index (χ1n) is 24.7. The lowest BCUT2D eigenvalue weighted by atomic mass is 10.1. The van der Waals surface area contributed by atoms with Crippen LogP contribution in [0.5, 0.6) is 0 Å². The van der Waals surface area contributed by atoms with E-state index in [0.29, 0.717) is 24.1 Å². The molecule has 0 saturated carbocycles. The highest BCUT2D eigenvalue weighted by atomic mass is 31.2. The molecule has 0 aliphatic rings. The van der Waals surface area contributed by atoms with Gasteiger partial charge in [-0.25, -0.2) is 0 Å². The minimum atomic E-state index is -4.54. The fourth-order valence-electron chi connectivity index (χ4n) is 6.45. The van der Waals surface area contributed by atoms with Gasteiger partial charge in [0, 0.05) is 13.0 Å². The lowest BCUT2D eigenvalue weighted by Gasteiger charge is -2.28. The summed E-state index contributed by atoms with van der Waals surface area (Å²) in [4.78, 5) is 25.2. The molecule has 354 valence electrons. The SMILES string of the molecule is CC/C=C\C/C=C\C/C=C\C/C=C\CCCCCCCOCC(COP(=O)([O-])OCC[N+](C)(C)C)OC(=O)CCCCCCCCCCC/C=C\C/C=C\CCCCCCC. The highest BCUT2D eigenvalue weighted by Crippen LogP contribution is 2.38. The number of unbranched alkanes of at least 4 members (excludes halogenated alkanes) is 19. The number of hydrogen-bond donors (Lipinski definition) is 0. The first kappa shape index (κ1) is 58.9. The third-order valence-electron chi connectivity index (χ3n) is 10.2. The lowest BCUT2D eigenvalue weighted by molar-refractivity contribution is -0.870. The molecule has 0 heterocycles. The molecule has 9 heteroatoms. The largest absolute Gasteiger partial charge is 0.756 e. The van der Waals surface area contributed by atoms with Crippen LogP contribution in [0, 0.1) is 0 Å². The molecular formula is C52H94NO7P. The fourth-order valence-corrected chi connectivity index (χ4v) is 7.18. The molecule has 0 aromatic rings. The van der Waals surface area contributed by atoms with E-state index in [-0.39, 0.29) is 25.8 Å². The van der Waals surface area contributed by atoms with E-state index in [9.17, 15) is 14.3 Å². The van der Waals surface area contributed by atoms with Crippen molar-refractivity contribution in [1.29, 1.82) is 0 Å². The Hall–Kier alpha value is -2.06. The standard InChI is InChI=1S/C52H94NO7P/c1-6-8-10-12-14-16-18-20-22-24-26-27-28-29-31-33-35-37-39-41-43-45-52(54)60-51(50-59-61(55,56)58-48-46-53(3,4)5)49-57-47-44-42-40-38-36-34-32-30-25-23-21-19-17-15-13-11-9-7-2/h9,11,15,17-18,20-21,23-24,26,30,32,51H,6-8,10,12-14,16,19,22,25,27-29,31,33-50H2,1-5H3/b11-9-,17-15-,20-18-,23-21-,26-24-,32-30-. The Labute approximate surface area is 376 Å². The number of nitrogens with zero attached hydrogens (tertiary/aromatic N) is 1. The molecule has 0 spiro atoms. The average Bonchev–Trinajstić information content (AvgIpc) is 3.22. The van der Waals surface area contributed by atoms with Crippen molar-refractivity contribution in [2.75, 3.05) is 54.1 Å². The molecule has 0 aromatic carbocycles. The molecule has 0 bridgehead atoms. The van der Waals surface area contributed by atoms with Crippen molar-refractivity contribution >= 4 is 13.8 Å². The zero-order valence-corrected chi connectivity index (χ0v) is 41.0. The van der Waals surface area contributed by atoms with Crippen LogP contribution in [0.15, 0.2) is 72.9 Å². The molecule has 0 aliphatic carbocycles. The van der Waals surface area contributed by atoms with Gasteiger partial charge >= 0.3 is 5.97 Å². The number of carbonyl (C=O) groups is 1. The van der Waals surface area contributed by atoms with Crippen molar-refractivity contribution in [3.63, 3.8) is 0 Å². The Morgan fingerprint density at radius 2 is 0.951 bits per heavy atom. The third-order valence-corrected chi connectivity index (χ3v) is 11.2. The van der Waals surface area contributed by atoms with E-state index in [1.807, 2.05) is 21.1 Å². The van der Waals surface area contributed by atoms with E-state index >= 15 is 0 Å². The number of carbonyl (C=O) groups excluding carboxylic acids is 1. The number of ether oxygens (including phenoxy) is 2. The van der Waals surface area contributed by atoms with Crippen LogP contribution in [0.4, 0.5) is 0 Å². The van der Waals surface area contributed by atoms with Gasteiger partial charge in [-0.2, -0.15) is 0 Å². The molecular weight excluding hydrogens is 782 g/mol. The van der Waals surface area contributed by atoms with Crippen LogP contribution in [0.3, 0.4) is 0 Å². The summed E-state index contributed by atoms with van der Waals surface area (Å²) >= 11 is 0. The maximum absolute atomic E-state index is 12.7. The number of rotatable bonds is 45. The second-order valence-electron chi connectivity index (χ2n) is 17.4. The molecule has 0 aliphatic heterocycles. The van der Waals surface area contributed by atoms with Crippen molar-refractivity contribution < 1.29 is 37.3 Å². The smallest absolute Gasteiger partial charge is 0.306 e. The van der Waals surface area contributed by atoms with Crippen molar-refractivity contribution in [2.24, 2.45) is 0 Å². The normalized spacial score (nSPS) is 14.3. The van der Waals surface area contributed by atoms with Gasteiger partial charge in [-0.3, -0.25) is 9.36 Å². The van der Waals surface area contributed by atoms with Gasteiger partial charge in [-0.15, -0.1) is 0 Å². The van der Waals surface area contributed by atoms with Crippen molar-refractivity contribution in [3.05, 3.63) is 72.9 Å². The van der Waals surface area contributed by atoms with Crippen LogP contribution >= 0.6 is 7.82 Å². The highest BCUT2D eigenvalue weighted by molar-refractivity contribution is 7.45. The van der Waals surface area contributed by atoms with Gasteiger partial charge in [0.1, 0.15) is 19.3 Å². The van der Waals surface area contributed by atoms with Crippen LogP contribution in [0.2, 0.25) is 0 Å². The maximum Gasteiger partial charge on any atom is 0.306 e. The fraction of sp³-hybridized carbons (Fsp3) is 0.750. The van der Waals surface area contributed by atoms with Gasteiger partial charge in [0.15, 0.2) is 0 Å². The molecule has 2 unspecified atom stereocenters. The van der Waals surface area contributed by atoms with Crippen molar-refractivity contribution in [3.8, 4) is 0 Å². The molecule has 61 heavy (non-hydrogen) atoms. The van der Waals surface area contributed by atoms with E-state index in [1.165, 1.54) is 96.3 Å². The Morgan fingerprint density at radius 1 is 0.525 bits per heavy atom. The first-order valence-corrected chi connectivity index (χ1v) is 26.1. The zero-order chi connectivity index (χ0) is 44.8. The number of phosphoric acid groups is 1. The number of phosphoric ester groups is 1. The van der Waals surface area contributed by atoms with Gasteiger partial charge in [-0.1, -0.05) is 177 Å². The number of hydrogen-bond acceptors (Lipinski definition) is 7. The summed E-state index contributed by atoms with van der Waals surface area (Å²) in [5.74, 6) is -0.347. The van der Waals surface area contributed by atoms with E-state index in [1.54, 1.807) is 0 Å². The van der Waals surface area contributed by atoms with Gasteiger partial charge < -0.3 is 27.9 Å². The molecule has 0 fully saturated rings. The van der Waals surface area contributed by atoms with Crippen LogP contribution in [0.25, 0.3) is 0 Å². The number of allylic oxidation sites excluding steroid dienone is 12. The molecule has 0 N–H and O–H groups in total. The van der Waals surface area contributed by atoms with Gasteiger partial charge in [0.2, 0.25) is 0 Å². The van der Waals surface area contributed by atoms with Crippen molar-refractivity contribution in [1.82, 2.24) is 0 Å². The average molecular weight is 876 g/mol. The van der Waals surface area contributed by atoms with E-state index in [2.05, 4.69) is 86.8 Å². The van der Waals surface area contributed by atoms with Crippen LogP contribution in [0.1, 0.15) is 194 Å². The quantitative estimate of drug-likeness (QED) is 0.0198. The van der Waals surface area contributed by atoms with Crippen LogP contribution in [-0.2, 0) is 27.9 Å². The summed E-state index contributed by atoms with van der Waals surface area (Å²) in [6.07, 6.45) is 57.8. The number of likely N-dealkylation sites (N-methyl/N-ethyl adjacent to an activating group) is 1. The molecule has 0 saturated heterocycles. The zero-order valence-electron chi connectivity index (χ0n) is 40.1. The molecule has 2 atom stereocenters. The molecule has 0 amide bonds. The Bertz CT molecular complexity index is 1200. The summed E-state index contributed by atoms with van der Waals surface area (Å²) < 4.78 is 34.7. The predicted molar refractivity (Wildman–Crippen MR) is 259 cm³/mol. The number of quaternary nitrogens is 1. The van der Waals surface area contributed by atoms with E-state index in [0.717, 1.165) is 77.0 Å². The second kappa shape index (κ2) is 44.5. The second-order valence-corrected chi connectivity index (χ2v) is 18.8. The molecule has 8 nitrogen and oxygen atoms in total. The van der Waals surface area contributed by atoms with Crippen molar-refractivity contribution in [2.45, 2.75) is 200 Å². The summed E-state index contributed by atoms with van der Waals surface area (Å²) in [5, 5.41) is 0. The van der Waals surface area contributed by atoms with Crippen LogP contribution < -0.4 is 4.89 Å². The molecule has 0 rings (SSSR count). The summed E-state index contributed by atoms with van der Waals surface area (Å²) in [7, 11) is 1.33. The topological polar surface area (TPSA) is 94.1 Å². The number of esters is 1. The van der Waals surface area contributed by atoms with E-state index < -0.39 is 13.9 Å². The Balaban J connectivity index is 4.22. The third kappa shape index (κ3) is 48.8. The Morgan fingerprint density at radius 3 is 1.43 bits per heavy atom. The monoisotopic (exact) mass is 876 g/mol. The lowest BCUT2D eigenvalue weighted by Crippen LogP contribution is -2.37. The first-order chi connectivity index (χ1) is 29.6. The van der Waals surface area contributed by atoms with Crippen LogP contribution in [-0.4, -0.2) is 70.7 Å². The maximum atomic E-state index is 12.7. The minimum absolute atomic E-state index is 0.0178. The summed E-state index contributed by atoms with van der Waals surface area (Å²) in [5.41, 5.74) is 0. The predicted octanol–water partition coefficient (Wildman–Crippen LogP) is 14.4. The van der Waals surface area contributed by atoms with Gasteiger partial charge in [0.05, 0.1) is 34.4 Å². The minimum Gasteiger partial charge on any atom is -0.756 e. The summed E-state index contributed by atoms with van der Waals surface area (Å²) in [6, 6.07) is 0. The molecule has 0 aromatic heterocycles. The van der Waals surface area contributed by atoms with Gasteiger partial charge in [0.25, 0.3) is 7.82 Å². The van der Waals surface area contributed by atoms with Gasteiger partial charge in [-0.05, 0) is 83.5 Å². The summed E-state index contributed by atoms with van der Waals surface area (Å²) in [6.45, 7) is 5.24. The Kier molecular flexibility index (Phi) is 43.0. The van der Waals surface area contributed by atoms with E-state index in [4.69, 9.17) is 18.5 Å². The molecule has 0 radical (unpaired) electrons.